The SMILES string of the molecule is COc1ccc2c(C=O)c(C(=O)C(Cc3ccccc3)CN(C)C)ccc2c1. The molecule has 4 heteroatoms. The molecule has 0 amide bonds. The Morgan fingerprint density at radius 1 is 1.07 bits per heavy atom. The number of aldehydes is 1. The molecule has 0 aliphatic rings. The topological polar surface area (TPSA) is 46.6 Å². The van der Waals surface area contributed by atoms with E-state index in [0.29, 0.717) is 24.1 Å². The molecule has 1 atom stereocenters. The van der Waals surface area contributed by atoms with Gasteiger partial charge in [0, 0.05) is 23.6 Å². The Hall–Kier alpha value is -2.98. The first-order chi connectivity index (χ1) is 13.5. The fraction of sp³-hybridized carbons (Fsp3) is 0.250. The van der Waals surface area contributed by atoms with Crippen LogP contribution in [0.4, 0.5) is 0 Å². The second kappa shape index (κ2) is 8.81. The number of Topliss-reactive ketones (excluding diaryl/α,β-unsaturated/α-hetero) is 1. The van der Waals surface area contributed by atoms with Gasteiger partial charge in [0.15, 0.2) is 12.1 Å². The zero-order chi connectivity index (χ0) is 20.1. The summed E-state index contributed by atoms with van der Waals surface area (Å²) in [5.74, 6) is 0.488. The Kier molecular flexibility index (Phi) is 6.22. The molecule has 28 heavy (non-hydrogen) atoms. The highest BCUT2D eigenvalue weighted by Crippen LogP contribution is 2.27. The Bertz CT molecular complexity index is 980. The van der Waals surface area contributed by atoms with Crippen molar-refractivity contribution in [1.29, 1.82) is 0 Å². The van der Waals surface area contributed by atoms with E-state index in [2.05, 4.69) is 0 Å². The van der Waals surface area contributed by atoms with Crippen molar-refractivity contribution in [2.45, 2.75) is 6.42 Å². The minimum atomic E-state index is -0.230. The van der Waals surface area contributed by atoms with Gasteiger partial charge < -0.3 is 9.64 Å². The largest absolute Gasteiger partial charge is 0.497 e. The van der Waals surface area contributed by atoms with Crippen molar-refractivity contribution in [3.05, 3.63) is 77.4 Å². The molecule has 0 fully saturated rings. The van der Waals surface area contributed by atoms with E-state index >= 15 is 0 Å². The van der Waals surface area contributed by atoms with Gasteiger partial charge in [0.1, 0.15) is 5.75 Å². The van der Waals surface area contributed by atoms with Crippen molar-refractivity contribution in [3.8, 4) is 5.75 Å². The summed E-state index contributed by atoms with van der Waals surface area (Å²) in [6, 6.07) is 19.2. The number of ether oxygens (including phenoxy) is 1. The molecule has 4 nitrogen and oxygen atoms in total. The van der Waals surface area contributed by atoms with Crippen LogP contribution in [0.25, 0.3) is 10.8 Å². The Labute approximate surface area is 165 Å². The third-order valence-corrected chi connectivity index (χ3v) is 4.93. The molecule has 0 heterocycles. The lowest BCUT2D eigenvalue weighted by atomic mass is 9.87. The van der Waals surface area contributed by atoms with Gasteiger partial charge in [-0.25, -0.2) is 0 Å². The molecule has 3 rings (SSSR count). The monoisotopic (exact) mass is 375 g/mol. The molecular weight excluding hydrogens is 350 g/mol. The van der Waals surface area contributed by atoms with Crippen LogP contribution < -0.4 is 4.74 Å². The molecule has 0 N–H and O–H groups in total. The van der Waals surface area contributed by atoms with Crippen LogP contribution in [-0.2, 0) is 6.42 Å². The summed E-state index contributed by atoms with van der Waals surface area (Å²) in [4.78, 5) is 27.3. The third kappa shape index (κ3) is 4.29. The molecule has 0 aliphatic carbocycles. The van der Waals surface area contributed by atoms with Crippen molar-refractivity contribution in [2.75, 3.05) is 27.7 Å². The first-order valence-electron chi connectivity index (χ1n) is 9.32. The molecule has 0 radical (unpaired) electrons. The van der Waals surface area contributed by atoms with Crippen molar-refractivity contribution >= 4 is 22.8 Å². The average Bonchev–Trinajstić information content (AvgIpc) is 2.71. The van der Waals surface area contributed by atoms with Gasteiger partial charge in [-0.1, -0.05) is 42.5 Å². The fourth-order valence-electron chi connectivity index (χ4n) is 3.60. The van der Waals surface area contributed by atoms with E-state index in [4.69, 9.17) is 4.74 Å². The Morgan fingerprint density at radius 2 is 1.82 bits per heavy atom. The molecule has 3 aromatic carbocycles. The predicted octanol–water partition coefficient (Wildman–Crippen LogP) is 4.26. The number of fused-ring (bicyclic) bond motifs is 1. The zero-order valence-corrected chi connectivity index (χ0v) is 16.5. The van der Waals surface area contributed by atoms with Crippen molar-refractivity contribution in [1.82, 2.24) is 4.90 Å². The van der Waals surface area contributed by atoms with Crippen LogP contribution in [0.5, 0.6) is 5.75 Å². The van der Waals surface area contributed by atoms with Crippen LogP contribution in [0.2, 0.25) is 0 Å². The first-order valence-corrected chi connectivity index (χ1v) is 9.32. The van der Waals surface area contributed by atoms with Gasteiger partial charge in [-0.3, -0.25) is 9.59 Å². The maximum absolute atomic E-state index is 13.4. The van der Waals surface area contributed by atoms with Gasteiger partial charge in [-0.2, -0.15) is 0 Å². The lowest BCUT2D eigenvalue weighted by Gasteiger charge is -2.21. The number of ketones is 1. The van der Waals surface area contributed by atoms with E-state index < -0.39 is 0 Å². The summed E-state index contributed by atoms with van der Waals surface area (Å²) in [5, 5.41) is 1.65. The Morgan fingerprint density at radius 3 is 2.46 bits per heavy atom. The molecule has 0 aliphatic heterocycles. The van der Waals surface area contributed by atoms with Crippen LogP contribution >= 0.6 is 0 Å². The molecule has 3 aromatic rings. The summed E-state index contributed by atoms with van der Waals surface area (Å²) in [5.41, 5.74) is 2.04. The number of hydrogen-bond donors (Lipinski definition) is 0. The summed E-state index contributed by atoms with van der Waals surface area (Å²) in [7, 11) is 5.52. The molecule has 0 saturated heterocycles. The molecular formula is C24H25NO3. The number of methoxy groups -OCH3 is 1. The van der Waals surface area contributed by atoms with Crippen LogP contribution in [-0.4, -0.2) is 44.7 Å². The molecule has 144 valence electrons. The normalized spacial score (nSPS) is 12.1. The van der Waals surface area contributed by atoms with Crippen LogP contribution in [0, 0.1) is 5.92 Å². The van der Waals surface area contributed by atoms with E-state index in [1.165, 1.54) is 0 Å². The lowest BCUT2D eigenvalue weighted by Crippen LogP contribution is -2.30. The number of benzene rings is 3. The second-order valence-corrected chi connectivity index (χ2v) is 7.24. The standard InChI is InChI=1S/C24H25NO3/c1-25(2)15-19(13-17-7-5-4-6-8-17)24(27)22-11-9-18-14-20(28-3)10-12-21(18)23(22)16-26/h4-12,14,16,19H,13,15H2,1-3H3. The molecule has 0 saturated carbocycles. The van der Waals surface area contributed by atoms with Crippen molar-refractivity contribution < 1.29 is 14.3 Å². The summed E-state index contributed by atoms with van der Waals surface area (Å²) in [6.45, 7) is 0.618. The number of rotatable bonds is 8. The van der Waals surface area contributed by atoms with Crippen molar-refractivity contribution in [3.63, 3.8) is 0 Å². The number of carbonyl (C=O) groups excluding carboxylic acids is 2. The number of carbonyl (C=O) groups is 2. The third-order valence-electron chi connectivity index (χ3n) is 4.93. The average molecular weight is 375 g/mol. The van der Waals surface area contributed by atoms with Crippen molar-refractivity contribution in [2.24, 2.45) is 5.92 Å². The van der Waals surface area contributed by atoms with Gasteiger partial charge in [0.25, 0.3) is 0 Å². The maximum Gasteiger partial charge on any atom is 0.168 e. The first kappa shape index (κ1) is 19.8. The van der Waals surface area contributed by atoms with Gasteiger partial charge in [0.05, 0.1) is 7.11 Å². The summed E-state index contributed by atoms with van der Waals surface area (Å²) < 4.78 is 5.26. The highest BCUT2D eigenvalue weighted by molar-refractivity contribution is 6.11. The van der Waals surface area contributed by atoms with E-state index in [9.17, 15) is 9.59 Å². The molecule has 1 unspecified atom stereocenters. The van der Waals surface area contributed by atoms with Crippen LogP contribution in [0.1, 0.15) is 26.3 Å². The second-order valence-electron chi connectivity index (χ2n) is 7.24. The minimum Gasteiger partial charge on any atom is -0.497 e. The van der Waals surface area contributed by atoms with E-state index in [-0.39, 0.29) is 11.7 Å². The van der Waals surface area contributed by atoms with Crippen LogP contribution in [0.15, 0.2) is 60.7 Å². The summed E-state index contributed by atoms with van der Waals surface area (Å²) in [6.07, 6.45) is 1.42. The van der Waals surface area contributed by atoms with Gasteiger partial charge in [-0.05, 0) is 55.1 Å². The van der Waals surface area contributed by atoms with E-state index in [1.54, 1.807) is 13.2 Å². The molecule has 0 bridgehead atoms. The Balaban J connectivity index is 2.02. The quantitative estimate of drug-likeness (QED) is 0.436. The van der Waals surface area contributed by atoms with Gasteiger partial charge >= 0.3 is 0 Å². The zero-order valence-electron chi connectivity index (χ0n) is 16.5. The smallest absolute Gasteiger partial charge is 0.168 e. The maximum atomic E-state index is 13.4. The highest BCUT2D eigenvalue weighted by atomic mass is 16.5. The van der Waals surface area contributed by atoms with Gasteiger partial charge in [-0.15, -0.1) is 0 Å². The van der Waals surface area contributed by atoms with Crippen LogP contribution in [0.3, 0.4) is 0 Å². The molecule has 0 spiro atoms. The molecule has 0 aromatic heterocycles. The lowest BCUT2D eigenvalue weighted by molar-refractivity contribution is 0.0893. The number of nitrogens with zero attached hydrogens (tertiary/aromatic N) is 1. The predicted molar refractivity (Wildman–Crippen MR) is 112 cm³/mol. The van der Waals surface area contributed by atoms with Gasteiger partial charge in [0.2, 0.25) is 0 Å². The minimum absolute atomic E-state index is 0.00243. The highest BCUT2D eigenvalue weighted by Gasteiger charge is 2.24. The summed E-state index contributed by atoms with van der Waals surface area (Å²) >= 11 is 0. The fourth-order valence-corrected chi connectivity index (χ4v) is 3.60. The van der Waals surface area contributed by atoms with E-state index in [1.807, 2.05) is 73.6 Å². The van der Waals surface area contributed by atoms with E-state index in [0.717, 1.165) is 28.4 Å². The number of hydrogen-bond acceptors (Lipinski definition) is 4.